The highest BCUT2D eigenvalue weighted by Crippen LogP contribution is 2.14. The zero-order chi connectivity index (χ0) is 13.1. The fraction of sp³-hybridized carbons (Fsp3) is 0.455. The minimum atomic E-state index is -0.529. The van der Waals surface area contributed by atoms with Crippen LogP contribution in [-0.4, -0.2) is 48.1 Å². The minimum absolute atomic E-state index is 0.0416. The standard InChI is InChI=1S/C11H14N4O3/c1-7-10(16)12-3-4-15(7)9-6-13-8(5-14-9)11(17)18-2/h5-7H,3-4H2,1-2H3,(H,12,16). The number of nitrogens with zero attached hydrogens (tertiary/aromatic N) is 3. The van der Waals surface area contributed by atoms with Crippen LogP contribution in [0.25, 0.3) is 0 Å². The molecule has 1 amide bonds. The van der Waals surface area contributed by atoms with Gasteiger partial charge in [0.25, 0.3) is 0 Å². The zero-order valence-electron chi connectivity index (χ0n) is 10.2. The van der Waals surface area contributed by atoms with Gasteiger partial charge < -0.3 is 15.0 Å². The largest absolute Gasteiger partial charge is 0.464 e. The molecule has 0 aliphatic carbocycles. The van der Waals surface area contributed by atoms with Crippen LogP contribution in [0.1, 0.15) is 17.4 Å². The van der Waals surface area contributed by atoms with Crippen LogP contribution in [0, 0.1) is 0 Å². The van der Waals surface area contributed by atoms with E-state index < -0.39 is 5.97 Å². The molecule has 1 N–H and O–H groups in total. The van der Waals surface area contributed by atoms with Crippen LogP contribution >= 0.6 is 0 Å². The number of methoxy groups -OCH3 is 1. The van der Waals surface area contributed by atoms with Crippen molar-refractivity contribution in [3.63, 3.8) is 0 Å². The van der Waals surface area contributed by atoms with Crippen LogP contribution in [0.3, 0.4) is 0 Å². The molecule has 2 rings (SSSR count). The predicted octanol–water partition coefficient (Wildman–Crippen LogP) is -0.412. The van der Waals surface area contributed by atoms with Gasteiger partial charge in [-0.3, -0.25) is 4.79 Å². The number of piperazine rings is 1. The van der Waals surface area contributed by atoms with Crippen LogP contribution in [0.5, 0.6) is 0 Å². The second-order valence-electron chi connectivity index (χ2n) is 3.91. The van der Waals surface area contributed by atoms with Crippen LogP contribution in [0.4, 0.5) is 5.82 Å². The zero-order valence-corrected chi connectivity index (χ0v) is 10.2. The molecule has 1 saturated heterocycles. The van der Waals surface area contributed by atoms with E-state index in [2.05, 4.69) is 20.0 Å². The van der Waals surface area contributed by atoms with E-state index in [1.165, 1.54) is 19.5 Å². The third kappa shape index (κ3) is 2.24. The number of carbonyl (C=O) groups is 2. The molecule has 0 radical (unpaired) electrons. The van der Waals surface area contributed by atoms with Gasteiger partial charge >= 0.3 is 5.97 Å². The Morgan fingerprint density at radius 3 is 2.89 bits per heavy atom. The molecule has 1 atom stereocenters. The first-order chi connectivity index (χ1) is 8.63. The van der Waals surface area contributed by atoms with Gasteiger partial charge in [0.2, 0.25) is 5.91 Å². The molecular weight excluding hydrogens is 236 g/mol. The Balaban J connectivity index is 2.18. The predicted molar refractivity (Wildman–Crippen MR) is 63.2 cm³/mol. The summed E-state index contributed by atoms with van der Waals surface area (Å²) < 4.78 is 4.54. The summed E-state index contributed by atoms with van der Waals surface area (Å²) in [6.07, 6.45) is 2.82. The van der Waals surface area contributed by atoms with Gasteiger partial charge in [-0.2, -0.15) is 0 Å². The fourth-order valence-corrected chi connectivity index (χ4v) is 1.77. The van der Waals surface area contributed by atoms with E-state index in [1.807, 2.05) is 4.90 Å². The normalized spacial score (nSPS) is 19.3. The third-order valence-corrected chi connectivity index (χ3v) is 2.83. The first-order valence-corrected chi connectivity index (χ1v) is 5.58. The monoisotopic (exact) mass is 250 g/mol. The molecule has 96 valence electrons. The molecule has 1 unspecified atom stereocenters. The summed E-state index contributed by atoms with van der Waals surface area (Å²) in [6.45, 7) is 3.03. The van der Waals surface area contributed by atoms with Crippen LogP contribution in [-0.2, 0) is 9.53 Å². The molecule has 7 heteroatoms. The number of amides is 1. The van der Waals surface area contributed by atoms with Crippen molar-refractivity contribution in [1.29, 1.82) is 0 Å². The Kier molecular flexibility index (Phi) is 3.40. The Hall–Kier alpha value is -2.18. The van der Waals surface area contributed by atoms with Crippen molar-refractivity contribution in [1.82, 2.24) is 15.3 Å². The summed E-state index contributed by atoms with van der Waals surface area (Å²) in [5.74, 6) is 0.00332. The Morgan fingerprint density at radius 2 is 2.28 bits per heavy atom. The van der Waals surface area contributed by atoms with Gasteiger partial charge in [0.05, 0.1) is 19.5 Å². The van der Waals surface area contributed by atoms with Gasteiger partial charge in [-0.15, -0.1) is 0 Å². The lowest BCUT2D eigenvalue weighted by Gasteiger charge is -2.33. The molecule has 2 heterocycles. The summed E-state index contributed by atoms with van der Waals surface area (Å²) >= 11 is 0. The van der Waals surface area contributed by atoms with Crippen molar-refractivity contribution >= 4 is 17.7 Å². The van der Waals surface area contributed by atoms with Gasteiger partial charge in [0.15, 0.2) is 5.69 Å². The fourth-order valence-electron chi connectivity index (χ4n) is 1.77. The van der Waals surface area contributed by atoms with Crippen molar-refractivity contribution < 1.29 is 14.3 Å². The van der Waals surface area contributed by atoms with E-state index in [-0.39, 0.29) is 17.6 Å². The molecule has 1 aliphatic rings. The van der Waals surface area contributed by atoms with Gasteiger partial charge in [-0.25, -0.2) is 14.8 Å². The highest BCUT2D eigenvalue weighted by molar-refractivity contribution is 5.87. The van der Waals surface area contributed by atoms with Crippen molar-refractivity contribution in [3.8, 4) is 0 Å². The number of nitrogens with one attached hydrogen (secondary N) is 1. The number of anilines is 1. The van der Waals surface area contributed by atoms with Crippen LogP contribution in [0.2, 0.25) is 0 Å². The van der Waals surface area contributed by atoms with E-state index in [1.54, 1.807) is 6.92 Å². The van der Waals surface area contributed by atoms with Gasteiger partial charge in [0, 0.05) is 13.1 Å². The quantitative estimate of drug-likeness (QED) is 0.718. The average molecular weight is 250 g/mol. The van der Waals surface area contributed by atoms with E-state index in [0.717, 1.165) is 0 Å². The lowest BCUT2D eigenvalue weighted by Crippen LogP contribution is -2.54. The van der Waals surface area contributed by atoms with Crippen molar-refractivity contribution in [2.45, 2.75) is 13.0 Å². The molecule has 1 aromatic rings. The summed E-state index contributed by atoms with van der Waals surface area (Å²) in [5, 5.41) is 2.77. The lowest BCUT2D eigenvalue weighted by atomic mass is 10.2. The lowest BCUT2D eigenvalue weighted by molar-refractivity contribution is -0.122. The van der Waals surface area contributed by atoms with Gasteiger partial charge in [-0.1, -0.05) is 0 Å². The molecule has 7 nitrogen and oxygen atoms in total. The number of hydrogen-bond donors (Lipinski definition) is 1. The number of carbonyl (C=O) groups excluding carboxylic acids is 2. The van der Waals surface area contributed by atoms with Gasteiger partial charge in [0.1, 0.15) is 11.9 Å². The number of aromatic nitrogens is 2. The summed E-state index contributed by atoms with van der Waals surface area (Å²) in [4.78, 5) is 32.7. The first-order valence-electron chi connectivity index (χ1n) is 5.58. The molecule has 0 aromatic carbocycles. The maximum absolute atomic E-state index is 11.5. The molecule has 0 bridgehead atoms. The number of hydrogen-bond acceptors (Lipinski definition) is 6. The van der Waals surface area contributed by atoms with E-state index in [0.29, 0.717) is 18.9 Å². The number of esters is 1. The Labute approximate surface area is 104 Å². The van der Waals surface area contributed by atoms with E-state index >= 15 is 0 Å². The molecular formula is C11H14N4O3. The number of ether oxygens (including phenoxy) is 1. The smallest absolute Gasteiger partial charge is 0.358 e. The molecule has 0 saturated carbocycles. The molecule has 1 aliphatic heterocycles. The minimum Gasteiger partial charge on any atom is -0.464 e. The van der Waals surface area contributed by atoms with Crippen molar-refractivity contribution in [2.75, 3.05) is 25.1 Å². The van der Waals surface area contributed by atoms with E-state index in [4.69, 9.17) is 0 Å². The summed E-state index contributed by atoms with van der Waals surface area (Å²) in [7, 11) is 1.29. The second kappa shape index (κ2) is 4.99. The summed E-state index contributed by atoms with van der Waals surface area (Å²) in [6, 6.07) is -0.294. The first kappa shape index (κ1) is 12.3. The maximum atomic E-state index is 11.5. The highest BCUT2D eigenvalue weighted by Gasteiger charge is 2.26. The SMILES string of the molecule is COC(=O)c1cnc(N2CCNC(=O)C2C)cn1. The van der Waals surface area contributed by atoms with Crippen molar-refractivity contribution in [3.05, 3.63) is 18.1 Å². The second-order valence-corrected chi connectivity index (χ2v) is 3.91. The molecule has 1 fully saturated rings. The van der Waals surface area contributed by atoms with Gasteiger partial charge in [-0.05, 0) is 6.92 Å². The molecule has 18 heavy (non-hydrogen) atoms. The Morgan fingerprint density at radius 1 is 1.50 bits per heavy atom. The van der Waals surface area contributed by atoms with E-state index in [9.17, 15) is 9.59 Å². The Bertz CT molecular complexity index is 460. The molecule has 0 spiro atoms. The summed E-state index contributed by atoms with van der Waals surface area (Å²) in [5.41, 5.74) is 0.148. The van der Waals surface area contributed by atoms with Crippen LogP contribution < -0.4 is 10.2 Å². The average Bonchev–Trinajstić information content (AvgIpc) is 2.41. The van der Waals surface area contributed by atoms with Crippen molar-refractivity contribution in [2.24, 2.45) is 0 Å². The highest BCUT2D eigenvalue weighted by atomic mass is 16.5. The topological polar surface area (TPSA) is 84.4 Å². The number of rotatable bonds is 2. The van der Waals surface area contributed by atoms with Crippen LogP contribution in [0.15, 0.2) is 12.4 Å². The maximum Gasteiger partial charge on any atom is 0.358 e. The third-order valence-electron chi connectivity index (χ3n) is 2.83. The molecule has 1 aromatic heterocycles.